The molecule has 0 spiro atoms. The molecule has 2 rings (SSSR count). The summed E-state index contributed by atoms with van der Waals surface area (Å²) >= 11 is 5.82. The van der Waals surface area contributed by atoms with E-state index in [0.717, 1.165) is 0 Å². The van der Waals surface area contributed by atoms with Gasteiger partial charge < -0.3 is 15.5 Å². The maximum Gasteiger partial charge on any atom is 0.318 e. The Labute approximate surface area is 122 Å². The Bertz CT molecular complexity index is 521. The number of urea groups is 1. The molecule has 0 bridgehead atoms. The van der Waals surface area contributed by atoms with E-state index in [-0.39, 0.29) is 30.4 Å². The Balaban J connectivity index is 1.98. The number of nitrogens with zero attached hydrogens (tertiary/aromatic N) is 2. The highest BCUT2D eigenvalue weighted by molar-refractivity contribution is 6.30. The molecule has 6 nitrogen and oxygen atoms in total. The van der Waals surface area contributed by atoms with Gasteiger partial charge in [0, 0.05) is 17.8 Å². The lowest BCUT2D eigenvalue weighted by Gasteiger charge is -2.25. The van der Waals surface area contributed by atoms with Crippen LogP contribution in [0.15, 0.2) is 18.3 Å². The minimum Gasteiger partial charge on any atom is -0.336 e. The number of nitrogens with one attached hydrogen (secondary N) is 2. The lowest BCUT2D eigenvalue weighted by Crippen LogP contribution is -2.42. The van der Waals surface area contributed by atoms with Gasteiger partial charge in [0.1, 0.15) is 12.4 Å². The average molecular weight is 297 g/mol. The van der Waals surface area contributed by atoms with Crippen molar-refractivity contribution < 1.29 is 9.59 Å². The van der Waals surface area contributed by atoms with Gasteiger partial charge in [-0.25, -0.2) is 9.78 Å². The molecule has 108 valence electrons. The van der Waals surface area contributed by atoms with Gasteiger partial charge in [0.15, 0.2) is 0 Å². The number of hydrogen-bond acceptors (Lipinski definition) is 3. The van der Waals surface area contributed by atoms with E-state index in [1.54, 1.807) is 17.0 Å². The van der Waals surface area contributed by atoms with E-state index in [2.05, 4.69) is 15.6 Å². The Hall–Kier alpha value is -1.82. The molecule has 3 amide bonds. The number of pyridine rings is 1. The number of anilines is 1. The van der Waals surface area contributed by atoms with Crippen LogP contribution < -0.4 is 10.6 Å². The smallest absolute Gasteiger partial charge is 0.318 e. The number of aromatic nitrogens is 1. The summed E-state index contributed by atoms with van der Waals surface area (Å²) < 4.78 is 0. The summed E-state index contributed by atoms with van der Waals surface area (Å²) in [5.41, 5.74) is 0. The molecule has 0 aliphatic carbocycles. The first-order valence-electron chi connectivity index (χ1n) is 6.43. The molecule has 7 heteroatoms. The van der Waals surface area contributed by atoms with E-state index >= 15 is 0 Å². The van der Waals surface area contributed by atoms with Crippen molar-refractivity contribution in [3.8, 4) is 0 Å². The molecular formula is C13H17ClN4O2. The van der Waals surface area contributed by atoms with Crippen molar-refractivity contribution in [2.45, 2.75) is 19.9 Å². The summed E-state index contributed by atoms with van der Waals surface area (Å²) in [5, 5.41) is 5.88. The SMILES string of the molecule is CC(C)[C@H]1CNC(=O)N1CC(=O)Nc1cc(Cl)ccn1. The zero-order valence-electron chi connectivity index (χ0n) is 11.4. The number of amides is 3. The summed E-state index contributed by atoms with van der Waals surface area (Å²) in [6, 6.07) is 3.00. The zero-order valence-corrected chi connectivity index (χ0v) is 12.1. The van der Waals surface area contributed by atoms with Crippen LogP contribution in [0.3, 0.4) is 0 Å². The molecule has 1 atom stereocenters. The molecule has 0 aromatic carbocycles. The highest BCUT2D eigenvalue weighted by Gasteiger charge is 2.33. The third kappa shape index (κ3) is 3.39. The first kappa shape index (κ1) is 14.6. The number of carbonyl (C=O) groups is 2. The van der Waals surface area contributed by atoms with Gasteiger partial charge in [-0.05, 0) is 18.1 Å². The Kier molecular flexibility index (Phi) is 4.44. The largest absolute Gasteiger partial charge is 0.336 e. The molecule has 1 fully saturated rings. The highest BCUT2D eigenvalue weighted by atomic mass is 35.5. The summed E-state index contributed by atoms with van der Waals surface area (Å²) in [6.45, 7) is 4.62. The Morgan fingerprint density at radius 3 is 3.05 bits per heavy atom. The van der Waals surface area contributed by atoms with Crippen LogP contribution >= 0.6 is 11.6 Å². The van der Waals surface area contributed by atoms with E-state index in [4.69, 9.17) is 11.6 Å². The summed E-state index contributed by atoms with van der Waals surface area (Å²) in [4.78, 5) is 29.2. The summed E-state index contributed by atoms with van der Waals surface area (Å²) in [5.74, 6) is 0.372. The minimum absolute atomic E-state index is 0.00285. The zero-order chi connectivity index (χ0) is 14.7. The van der Waals surface area contributed by atoms with E-state index < -0.39 is 0 Å². The molecule has 1 aromatic heterocycles. The third-order valence-corrected chi connectivity index (χ3v) is 3.43. The van der Waals surface area contributed by atoms with Crippen molar-refractivity contribution in [1.82, 2.24) is 15.2 Å². The van der Waals surface area contributed by atoms with Gasteiger partial charge in [-0.1, -0.05) is 25.4 Å². The Morgan fingerprint density at radius 2 is 2.40 bits per heavy atom. The van der Waals surface area contributed by atoms with Crippen LogP contribution in [0.1, 0.15) is 13.8 Å². The van der Waals surface area contributed by atoms with Crippen LogP contribution in [-0.2, 0) is 4.79 Å². The second kappa shape index (κ2) is 6.09. The van der Waals surface area contributed by atoms with Crippen LogP contribution in [0, 0.1) is 5.92 Å². The summed E-state index contributed by atoms with van der Waals surface area (Å²) in [6.07, 6.45) is 1.51. The van der Waals surface area contributed by atoms with Crippen LogP contribution in [0.2, 0.25) is 5.02 Å². The maximum atomic E-state index is 12.0. The molecule has 0 saturated carbocycles. The van der Waals surface area contributed by atoms with Gasteiger partial charge in [-0.15, -0.1) is 0 Å². The van der Waals surface area contributed by atoms with Crippen LogP contribution in [-0.4, -0.2) is 41.0 Å². The van der Waals surface area contributed by atoms with Crippen LogP contribution in [0.5, 0.6) is 0 Å². The fraction of sp³-hybridized carbons (Fsp3) is 0.462. The van der Waals surface area contributed by atoms with E-state index in [9.17, 15) is 9.59 Å². The third-order valence-electron chi connectivity index (χ3n) is 3.20. The second-order valence-corrected chi connectivity index (χ2v) is 5.47. The molecule has 1 aromatic rings. The van der Waals surface area contributed by atoms with E-state index in [1.807, 2.05) is 13.8 Å². The lowest BCUT2D eigenvalue weighted by atomic mass is 10.0. The fourth-order valence-corrected chi connectivity index (χ4v) is 2.31. The first-order chi connectivity index (χ1) is 9.47. The molecule has 1 aliphatic rings. The molecule has 2 heterocycles. The average Bonchev–Trinajstić information content (AvgIpc) is 2.71. The molecule has 0 unspecified atom stereocenters. The number of halogens is 1. The van der Waals surface area contributed by atoms with Crippen molar-refractivity contribution in [2.75, 3.05) is 18.4 Å². The summed E-state index contributed by atoms with van der Waals surface area (Å²) in [7, 11) is 0. The number of hydrogen-bond donors (Lipinski definition) is 2. The standard InChI is InChI=1S/C13H17ClN4O2/c1-8(2)10-6-16-13(20)18(10)7-12(19)17-11-5-9(14)3-4-15-11/h3-5,8,10H,6-7H2,1-2H3,(H,16,20)(H,15,17,19)/t10-/m1/s1. The van der Waals surface area contributed by atoms with Crippen molar-refractivity contribution in [1.29, 1.82) is 0 Å². The van der Waals surface area contributed by atoms with E-state index in [0.29, 0.717) is 17.4 Å². The minimum atomic E-state index is -0.289. The van der Waals surface area contributed by atoms with Crippen molar-refractivity contribution in [2.24, 2.45) is 5.92 Å². The molecule has 20 heavy (non-hydrogen) atoms. The molecule has 0 radical (unpaired) electrons. The topological polar surface area (TPSA) is 74.3 Å². The predicted molar refractivity (Wildman–Crippen MR) is 76.6 cm³/mol. The second-order valence-electron chi connectivity index (χ2n) is 5.03. The maximum absolute atomic E-state index is 12.0. The fourth-order valence-electron chi connectivity index (χ4n) is 2.15. The first-order valence-corrected chi connectivity index (χ1v) is 6.81. The van der Waals surface area contributed by atoms with Crippen molar-refractivity contribution in [3.05, 3.63) is 23.4 Å². The number of rotatable bonds is 4. The van der Waals surface area contributed by atoms with Gasteiger partial charge in [0.2, 0.25) is 5.91 Å². The molecule has 1 aliphatic heterocycles. The molecular weight excluding hydrogens is 280 g/mol. The monoisotopic (exact) mass is 296 g/mol. The molecule has 2 N–H and O–H groups in total. The molecule has 1 saturated heterocycles. The van der Waals surface area contributed by atoms with Gasteiger partial charge in [0.05, 0.1) is 6.04 Å². The quantitative estimate of drug-likeness (QED) is 0.888. The Morgan fingerprint density at radius 1 is 1.65 bits per heavy atom. The van der Waals surface area contributed by atoms with Crippen LogP contribution in [0.4, 0.5) is 10.6 Å². The predicted octanol–water partition coefficient (Wildman–Crippen LogP) is 1.72. The lowest BCUT2D eigenvalue weighted by molar-refractivity contribution is -0.117. The van der Waals surface area contributed by atoms with Gasteiger partial charge in [0.25, 0.3) is 0 Å². The normalized spacial score (nSPS) is 18.3. The van der Waals surface area contributed by atoms with Gasteiger partial charge in [-0.2, -0.15) is 0 Å². The van der Waals surface area contributed by atoms with Crippen molar-refractivity contribution in [3.63, 3.8) is 0 Å². The van der Waals surface area contributed by atoms with Gasteiger partial charge in [-0.3, -0.25) is 4.79 Å². The number of carbonyl (C=O) groups excluding carboxylic acids is 2. The van der Waals surface area contributed by atoms with Gasteiger partial charge >= 0.3 is 6.03 Å². The van der Waals surface area contributed by atoms with Crippen LogP contribution in [0.25, 0.3) is 0 Å². The van der Waals surface area contributed by atoms with Crippen molar-refractivity contribution >= 4 is 29.4 Å². The van der Waals surface area contributed by atoms with E-state index in [1.165, 1.54) is 6.20 Å². The highest BCUT2D eigenvalue weighted by Crippen LogP contribution is 2.16.